The minimum absolute atomic E-state index is 0.0464. The van der Waals surface area contributed by atoms with E-state index in [-0.39, 0.29) is 30.6 Å². The number of ketones is 1. The Kier molecular flexibility index (Phi) is 6.15. The molecule has 0 aliphatic heterocycles. The van der Waals surface area contributed by atoms with Crippen LogP contribution in [-0.4, -0.2) is 29.4 Å². The van der Waals surface area contributed by atoms with Gasteiger partial charge in [0.15, 0.2) is 5.78 Å². The second-order valence-corrected chi connectivity index (χ2v) is 7.70. The maximum atomic E-state index is 12.1. The number of hydrogen-bond donors (Lipinski definition) is 2. The Hall–Kier alpha value is -1.20. The van der Waals surface area contributed by atoms with Gasteiger partial charge in [-0.15, -0.1) is 11.3 Å². The summed E-state index contributed by atoms with van der Waals surface area (Å²) in [7, 11) is 0. The van der Waals surface area contributed by atoms with Crippen LogP contribution in [0.3, 0.4) is 0 Å². The summed E-state index contributed by atoms with van der Waals surface area (Å²) in [5, 5.41) is 12.5. The largest absolute Gasteiger partial charge is 0.393 e. The van der Waals surface area contributed by atoms with Crippen LogP contribution in [0, 0.1) is 19.8 Å². The van der Waals surface area contributed by atoms with Gasteiger partial charge in [-0.1, -0.05) is 6.42 Å². The quantitative estimate of drug-likeness (QED) is 0.791. The summed E-state index contributed by atoms with van der Waals surface area (Å²) < 4.78 is 0. The average Bonchev–Trinajstić information content (AvgIpc) is 2.81. The molecular weight excluding hydrogens is 298 g/mol. The number of carbonyl (C=O) groups excluding carboxylic acids is 2. The van der Waals surface area contributed by atoms with Gasteiger partial charge in [0.25, 0.3) is 0 Å². The lowest BCUT2D eigenvalue weighted by Gasteiger charge is -2.25. The first kappa shape index (κ1) is 17.2. The Morgan fingerprint density at radius 2 is 2.09 bits per heavy atom. The van der Waals surface area contributed by atoms with Gasteiger partial charge in [-0.3, -0.25) is 9.59 Å². The van der Waals surface area contributed by atoms with Crippen molar-refractivity contribution in [1.82, 2.24) is 5.32 Å². The van der Waals surface area contributed by atoms with Crippen molar-refractivity contribution in [3.8, 4) is 0 Å². The van der Waals surface area contributed by atoms with Crippen molar-refractivity contribution in [3.05, 3.63) is 21.4 Å². The molecule has 22 heavy (non-hydrogen) atoms. The first-order chi connectivity index (χ1) is 10.5. The van der Waals surface area contributed by atoms with Gasteiger partial charge < -0.3 is 10.4 Å². The second kappa shape index (κ2) is 7.88. The molecular formula is C17H25NO3S. The van der Waals surface area contributed by atoms with Crippen LogP contribution in [0.25, 0.3) is 0 Å². The molecule has 1 aliphatic carbocycles. The first-order valence-corrected chi connectivity index (χ1v) is 8.82. The highest BCUT2D eigenvalue weighted by atomic mass is 32.1. The molecule has 1 aromatic heterocycles. The van der Waals surface area contributed by atoms with Gasteiger partial charge in [-0.05, 0) is 45.1 Å². The first-order valence-electron chi connectivity index (χ1n) is 8.00. The second-order valence-electron chi connectivity index (χ2n) is 6.24. The number of Topliss-reactive ketones (excluding diaryl/α,β-unsaturated/α-hetero) is 1. The lowest BCUT2D eigenvalue weighted by molar-refractivity contribution is -0.121. The zero-order valence-electron chi connectivity index (χ0n) is 13.4. The van der Waals surface area contributed by atoms with Crippen molar-refractivity contribution in [2.45, 2.75) is 58.5 Å². The fourth-order valence-electron chi connectivity index (χ4n) is 3.06. The molecule has 0 aromatic carbocycles. The molecule has 0 bridgehead atoms. The van der Waals surface area contributed by atoms with Crippen LogP contribution in [0.1, 0.15) is 58.6 Å². The molecule has 1 amide bonds. The Balaban J connectivity index is 1.71. The fourth-order valence-corrected chi connectivity index (χ4v) is 4.01. The van der Waals surface area contributed by atoms with Gasteiger partial charge in [0.2, 0.25) is 5.91 Å². The van der Waals surface area contributed by atoms with Crippen LogP contribution in [0.15, 0.2) is 6.07 Å². The smallest absolute Gasteiger partial charge is 0.220 e. The van der Waals surface area contributed by atoms with Crippen LogP contribution in [0.4, 0.5) is 0 Å². The van der Waals surface area contributed by atoms with E-state index in [1.807, 2.05) is 19.9 Å². The van der Waals surface area contributed by atoms with Gasteiger partial charge in [-0.2, -0.15) is 0 Å². The van der Waals surface area contributed by atoms with E-state index in [1.54, 1.807) is 11.3 Å². The van der Waals surface area contributed by atoms with E-state index >= 15 is 0 Å². The Morgan fingerprint density at radius 3 is 2.73 bits per heavy atom. The van der Waals surface area contributed by atoms with Crippen molar-refractivity contribution in [2.75, 3.05) is 6.54 Å². The summed E-state index contributed by atoms with van der Waals surface area (Å²) in [6.07, 6.45) is 4.01. The summed E-state index contributed by atoms with van der Waals surface area (Å²) in [5.74, 6) is 0.341. The lowest BCUT2D eigenvalue weighted by atomic mass is 9.87. The molecule has 1 heterocycles. The number of thiophene rings is 1. The molecule has 4 nitrogen and oxygen atoms in total. The van der Waals surface area contributed by atoms with E-state index in [2.05, 4.69) is 5.32 Å². The number of nitrogens with one attached hydrogen (secondary N) is 1. The zero-order chi connectivity index (χ0) is 16.1. The maximum Gasteiger partial charge on any atom is 0.220 e. The van der Waals surface area contributed by atoms with Crippen LogP contribution in [-0.2, 0) is 4.79 Å². The van der Waals surface area contributed by atoms with Crippen molar-refractivity contribution in [2.24, 2.45) is 5.92 Å². The Morgan fingerprint density at radius 1 is 1.32 bits per heavy atom. The molecule has 0 radical (unpaired) electrons. The van der Waals surface area contributed by atoms with Crippen molar-refractivity contribution < 1.29 is 14.7 Å². The van der Waals surface area contributed by atoms with Crippen molar-refractivity contribution in [3.63, 3.8) is 0 Å². The summed E-state index contributed by atoms with van der Waals surface area (Å²) in [6, 6.07) is 1.91. The highest BCUT2D eigenvalue weighted by molar-refractivity contribution is 7.12. The molecule has 2 N–H and O–H groups in total. The van der Waals surface area contributed by atoms with E-state index in [0.29, 0.717) is 12.5 Å². The predicted octanol–water partition coefficient (Wildman–Crippen LogP) is 3.00. The average molecular weight is 323 g/mol. The van der Waals surface area contributed by atoms with Gasteiger partial charge in [-0.25, -0.2) is 0 Å². The molecule has 2 rings (SSSR count). The zero-order valence-corrected chi connectivity index (χ0v) is 14.2. The maximum absolute atomic E-state index is 12.1. The molecule has 1 aliphatic rings. The SMILES string of the molecule is Cc1cc(C(=O)CCC(=O)NCC2CCCC(O)C2)c(C)s1. The molecule has 1 fully saturated rings. The molecule has 1 saturated carbocycles. The number of aliphatic hydroxyl groups excluding tert-OH is 1. The summed E-state index contributed by atoms with van der Waals surface area (Å²) in [5.41, 5.74) is 0.755. The highest BCUT2D eigenvalue weighted by Crippen LogP contribution is 2.24. The van der Waals surface area contributed by atoms with Gasteiger partial charge in [0.1, 0.15) is 0 Å². The fraction of sp³-hybridized carbons (Fsp3) is 0.647. The molecule has 2 unspecified atom stereocenters. The summed E-state index contributed by atoms with van der Waals surface area (Å²) >= 11 is 1.62. The monoisotopic (exact) mass is 323 g/mol. The van der Waals surface area contributed by atoms with Gasteiger partial charge in [0.05, 0.1) is 6.10 Å². The van der Waals surface area contributed by atoms with Gasteiger partial charge >= 0.3 is 0 Å². The third-order valence-electron chi connectivity index (χ3n) is 4.26. The van der Waals surface area contributed by atoms with Crippen LogP contribution < -0.4 is 5.32 Å². The number of hydrogen-bond acceptors (Lipinski definition) is 4. The normalized spacial score (nSPS) is 21.6. The number of rotatable bonds is 6. The Bertz CT molecular complexity index is 538. The molecule has 0 saturated heterocycles. The number of aryl methyl sites for hydroxylation is 2. The molecule has 0 spiro atoms. The number of amides is 1. The molecule has 1 aromatic rings. The third kappa shape index (κ3) is 4.92. The Labute approximate surface area is 135 Å². The minimum Gasteiger partial charge on any atom is -0.393 e. The van der Waals surface area contributed by atoms with Crippen molar-refractivity contribution in [1.29, 1.82) is 0 Å². The van der Waals surface area contributed by atoms with Crippen LogP contribution in [0.5, 0.6) is 0 Å². The predicted molar refractivity (Wildman–Crippen MR) is 88.3 cm³/mol. The van der Waals surface area contributed by atoms with E-state index in [9.17, 15) is 14.7 Å². The van der Waals surface area contributed by atoms with Gasteiger partial charge in [0, 0.05) is 34.7 Å². The van der Waals surface area contributed by atoms with Crippen LogP contribution >= 0.6 is 11.3 Å². The van der Waals surface area contributed by atoms with Crippen LogP contribution in [0.2, 0.25) is 0 Å². The van der Waals surface area contributed by atoms with E-state index < -0.39 is 0 Å². The summed E-state index contributed by atoms with van der Waals surface area (Å²) in [4.78, 5) is 26.1. The molecule has 5 heteroatoms. The number of carbonyl (C=O) groups is 2. The van der Waals surface area contributed by atoms with E-state index in [1.165, 1.54) is 0 Å². The minimum atomic E-state index is -0.220. The lowest BCUT2D eigenvalue weighted by Crippen LogP contribution is -2.33. The van der Waals surface area contributed by atoms with E-state index in [0.717, 1.165) is 41.0 Å². The van der Waals surface area contributed by atoms with Crippen molar-refractivity contribution >= 4 is 23.0 Å². The number of aliphatic hydroxyl groups is 1. The van der Waals surface area contributed by atoms with E-state index in [4.69, 9.17) is 0 Å². The molecule has 2 atom stereocenters. The topological polar surface area (TPSA) is 66.4 Å². The highest BCUT2D eigenvalue weighted by Gasteiger charge is 2.20. The standard InChI is InChI=1S/C17H25NO3S/c1-11-8-15(12(2)22-11)16(20)6-7-17(21)18-10-13-4-3-5-14(19)9-13/h8,13-14,19H,3-7,9-10H2,1-2H3,(H,18,21). The summed E-state index contributed by atoms with van der Waals surface area (Å²) in [6.45, 7) is 4.54. The molecule has 122 valence electrons. The third-order valence-corrected chi connectivity index (χ3v) is 5.23.